The van der Waals surface area contributed by atoms with Gasteiger partial charge in [0.2, 0.25) is 47.3 Å². The summed E-state index contributed by atoms with van der Waals surface area (Å²) < 4.78 is 101. The molecular weight excluding hydrogens is 1630 g/mol. The number of ether oxygens (including phenoxy) is 18. The van der Waals surface area contributed by atoms with Gasteiger partial charge in [0, 0.05) is 85.6 Å². The molecule has 15 atom stereocenters. The summed E-state index contributed by atoms with van der Waals surface area (Å²) in [5.41, 5.74) is 3.75. The van der Waals surface area contributed by atoms with Gasteiger partial charge in [0.05, 0.1) is 172 Å². The molecule has 3 rings (SSSR count). The van der Waals surface area contributed by atoms with Crippen LogP contribution in [0.2, 0.25) is 0 Å². The minimum absolute atomic E-state index is 0.0406. The minimum Gasteiger partial charge on any atom is -0.434 e. The van der Waals surface area contributed by atoms with Crippen LogP contribution in [0.4, 0.5) is 4.79 Å². The minimum atomic E-state index is -1.47. The van der Waals surface area contributed by atoms with E-state index in [4.69, 9.17) is 86.3 Å². The van der Waals surface area contributed by atoms with E-state index in [1.165, 1.54) is 20.8 Å². The van der Waals surface area contributed by atoms with Crippen molar-refractivity contribution in [1.82, 2.24) is 47.9 Å². The van der Waals surface area contributed by atoms with Crippen molar-refractivity contribution in [3.63, 3.8) is 0 Å². The lowest BCUT2D eigenvalue weighted by molar-refractivity contribution is -0.272. The number of carbonyl (C=O) groups is 9. The highest BCUT2D eigenvalue weighted by molar-refractivity contribution is 5.78. The molecule has 3 fully saturated rings. The Bertz CT molecular complexity index is 2640. The van der Waals surface area contributed by atoms with E-state index >= 15 is 0 Å². The maximum atomic E-state index is 14.0. The van der Waals surface area contributed by atoms with Gasteiger partial charge in [-0.3, -0.25) is 44.1 Å². The van der Waals surface area contributed by atoms with E-state index in [0.717, 1.165) is 38.5 Å². The summed E-state index contributed by atoms with van der Waals surface area (Å²) in [7, 11) is 0. The van der Waals surface area contributed by atoms with Gasteiger partial charge in [-0.25, -0.2) is 4.79 Å². The molecule has 0 saturated carbocycles. The van der Waals surface area contributed by atoms with Gasteiger partial charge in [0.25, 0.3) is 0 Å². The van der Waals surface area contributed by atoms with Gasteiger partial charge in [0.1, 0.15) is 85.3 Å². The number of amides is 9. The molecule has 20 N–H and O–H groups in total. The van der Waals surface area contributed by atoms with Gasteiger partial charge in [-0.2, -0.15) is 0 Å². The molecule has 3 aliphatic rings. The molecule has 122 heavy (non-hydrogen) atoms. The zero-order valence-corrected chi connectivity index (χ0v) is 71.1. The molecule has 3 aliphatic heterocycles. The molecule has 0 bridgehead atoms. The highest BCUT2D eigenvalue weighted by Gasteiger charge is 2.48. The number of nitrogens with two attached hydrogens (primary N) is 1. The number of nitrogens with one attached hydrogen (secondary N) is 9. The lowest BCUT2D eigenvalue weighted by Gasteiger charge is -2.42. The third-order valence-electron chi connectivity index (χ3n) is 18.5. The van der Waals surface area contributed by atoms with Crippen molar-refractivity contribution >= 4 is 53.4 Å². The lowest BCUT2D eigenvalue weighted by Crippen LogP contribution is -2.64. The van der Waals surface area contributed by atoms with Crippen LogP contribution >= 0.6 is 0 Å². The molecule has 46 heteroatoms. The number of alkyl carbamates (subject to hydrolysis) is 1. The Hall–Kier alpha value is -6.05. The summed E-state index contributed by atoms with van der Waals surface area (Å²) in [6.07, 6.45) is -10.0. The molecule has 0 aromatic carbocycles. The van der Waals surface area contributed by atoms with Gasteiger partial charge in [0.15, 0.2) is 24.7 Å². The lowest BCUT2D eigenvalue weighted by atomic mass is 9.97. The molecule has 0 aromatic rings. The van der Waals surface area contributed by atoms with Crippen LogP contribution in [0.15, 0.2) is 0 Å². The fraction of sp³-hybridized carbons (Fsp3) is 0.882. The second-order valence-electron chi connectivity index (χ2n) is 29.2. The van der Waals surface area contributed by atoms with Crippen LogP contribution in [0.25, 0.3) is 0 Å². The summed E-state index contributed by atoms with van der Waals surface area (Å²) in [6, 6.07) is -3.33. The molecule has 15 unspecified atom stereocenters. The first-order chi connectivity index (χ1) is 58.6. The Labute approximate surface area is 711 Å². The summed E-state index contributed by atoms with van der Waals surface area (Å²) in [5.74, 6) is -4.09. The summed E-state index contributed by atoms with van der Waals surface area (Å²) in [4.78, 5) is 112. The standard InChI is InChI=1S/C76H140N10O36/c1-51(90)83-62-68(101)65(98)54(44-87)120-71(62)114-41-38-108-35-32-105-27-19-78-58(94)16-24-111-47-76(48-112-25-17-59(95)79-20-28-106-33-36-109-39-42-115-72-63(84-52(2)91)69(102)66(99)55(45-88)121-72,49-113-26-18-60(96)80-21-29-107-34-37-110-40-43-116-73-64(85-53(3)92)70(103)67(100)56(46-89)122-73)86-61(97)15-13-11-9-7-6-8-10-12-14-57(93)81-22-30-118-75(4,5)119-31-23-82-74(104)117-50-77/h54-56,62-73,87-89,98-103H,6-50,77H2,1-5H3,(H,78,94)(H,79,95)(H,80,96)(H,81,93)(H,82,104)(H,83,90)(H,84,91)(H,85,92)(H,86,97). The number of aliphatic hydroxyl groups is 9. The molecule has 46 nitrogen and oxygen atoms in total. The van der Waals surface area contributed by atoms with Gasteiger partial charge in [-0.15, -0.1) is 0 Å². The summed E-state index contributed by atoms with van der Waals surface area (Å²) in [5, 5.41) is 115. The fourth-order valence-electron chi connectivity index (χ4n) is 12.2. The predicted molar refractivity (Wildman–Crippen MR) is 424 cm³/mol. The monoisotopic (exact) mass is 1770 g/mol. The zero-order valence-electron chi connectivity index (χ0n) is 71.1. The van der Waals surface area contributed by atoms with Crippen molar-refractivity contribution in [2.75, 3.05) is 211 Å². The Morgan fingerprint density at radius 1 is 0.336 bits per heavy atom. The first-order valence-electron chi connectivity index (χ1n) is 41.6. The number of hydrogen-bond acceptors (Lipinski definition) is 37. The number of carbonyl (C=O) groups excluding carboxylic acids is 9. The molecule has 3 heterocycles. The number of aliphatic hydroxyl groups excluding tert-OH is 9. The molecule has 0 aromatic heterocycles. The Balaban J connectivity index is 1.57. The quantitative estimate of drug-likeness (QED) is 0.0199. The maximum Gasteiger partial charge on any atom is 0.408 e. The van der Waals surface area contributed by atoms with E-state index in [-0.39, 0.29) is 247 Å². The SMILES string of the molecule is CC(=O)NC1C(OCCOCCOCCNC(=O)CCOCC(COCCC(=O)NCCOCCOCCOC2OC(CO)C(O)C(O)C2NC(C)=O)(COCCC(=O)NCCOCCOCCOC2OC(CO)C(O)C(O)C2NC(C)=O)NC(=O)CCCCCCCCCCC(=O)NCCOC(C)(C)OCCNC(=O)OCN)OC(CO)C(O)C1O. The molecule has 710 valence electrons. The second-order valence-corrected chi connectivity index (χ2v) is 29.2. The van der Waals surface area contributed by atoms with Crippen molar-refractivity contribution < 1.29 is 174 Å². The third kappa shape index (κ3) is 49.2. The smallest absolute Gasteiger partial charge is 0.408 e. The number of rotatable bonds is 72. The Morgan fingerprint density at radius 2 is 0.615 bits per heavy atom. The largest absolute Gasteiger partial charge is 0.434 e. The van der Waals surface area contributed by atoms with E-state index in [9.17, 15) is 89.1 Å². The Kier molecular flexibility index (Phi) is 59.9. The van der Waals surface area contributed by atoms with E-state index in [0.29, 0.717) is 19.3 Å². The van der Waals surface area contributed by atoms with Gasteiger partial charge < -0.3 is 179 Å². The van der Waals surface area contributed by atoms with E-state index in [1.54, 1.807) is 13.8 Å². The first kappa shape index (κ1) is 110. The second kappa shape index (κ2) is 66.4. The van der Waals surface area contributed by atoms with Crippen molar-refractivity contribution in [3.05, 3.63) is 0 Å². The average molecular weight is 1770 g/mol. The summed E-state index contributed by atoms with van der Waals surface area (Å²) >= 11 is 0. The van der Waals surface area contributed by atoms with Crippen molar-refractivity contribution in [2.24, 2.45) is 5.73 Å². The van der Waals surface area contributed by atoms with Crippen molar-refractivity contribution in [2.45, 2.75) is 221 Å². The normalized spacial score (nSPS) is 23.4. The summed E-state index contributed by atoms with van der Waals surface area (Å²) in [6.45, 7) is 6.35. The molecule has 3 saturated heterocycles. The number of hydrogen-bond donors (Lipinski definition) is 19. The van der Waals surface area contributed by atoms with Crippen molar-refractivity contribution in [3.8, 4) is 0 Å². The van der Waals surface area contributed by atoms with Crippen LogP contribution in [-0.2, 0) is 124 Å². The van der Waals surface area contributed by atoms with Gasteiger partial charge in [-0.1, -0.05) is 38.5 Å². The van der Waals surface area contributed by atoms with Gasteiger partial charge in [-0.05, 0) is 26.7 Å². The molecule has 0 radical (unpaired) electrons. The van der Waals surface area contributed by atoms with Crippen LogP contribution in [0.3, 0.4) is 0 Å². The van der Waals surface area contributed by atoms with E-state index in [1.807, 2.05) is 0 Å². The molecular formula is C76H140N10O36. The van der Waals surface area contributed by atoms with Crippen LogP contribution in [-0.4, -0.2) is 414 Å². The average Bonchev–Trinajstić information content (AvgIpc) is 0.817. The molecule has 0 aliphatic carbocycles. The zero-order chi connectivity index (χ0) is 89.8. The van der Waals surface area contributed by atoms with Crippen LogP contribution in [0.5, 0.6) is 0 Å². The van der Waals surface area contributed by atoms with Gasteiger partial charge >= 0.3 is 6.09 Å². The topological polar surface area (TPSA) is 636 Å². The molecule has 9 amide bonds. The first-order valence-corrected chi connectivity index (χ1v) is 41.6. The molecule has 0 spiro atoms. The van der Waals surface area contributed by atoms with E-state index < -0.39 is 147 Å². The third-order valence-corrected chi connectivity index (χ3v) is 18.5. The van der Waals surface area contributed by atoms with Crippen LogP contribution in [0, 0.1) is 0 Å². The maximum absolute atomic E-state index is 14.0. The van der Waals surface area contributed by atoms with Crippen LogP contribution in [0.1, 0.15) is 118 Å². The highest BCUT2D eigenvalue weighted by Crippen LogP contribution is 2.26. The predicted octanol–water partition coefficient (Wildman–Crippen LogP) is -7.18. The Morgan fingerprint density at radius 3 is 0.926 bits per heavy atom. The van der Waals surface area contributed by atoms with Crippen LogP contribution < -0.4 is 53.6 Å². The number of unbranched alkanes of at least 4 members (excludes halogenated alkanes) is 7. The van der Waals surface area contributed by atoms with Crippen molar-refractivity contribution in [1.29, 1.82) is 0 Å². The fourth-order valence-corrected chi connectivity index (χ4v) is 12.2. The van der Waals surface area contributed by atoms with E-state index in [2.05, 4.69) is 52.6 Å². The highest BCUT2D eigenvalue weighted by atomic mass is 16.7.